The van der Waals surface area contributed by atoms with Crippen LogP contribution in [0, 0.1) is 0 Å². The molecule has 0 bridgehead atoms. The number of halogens is 4. The number of nitrogens with zero attached hydrogens (tertiary/aromatic N) is 3. The van der Waals surface area contributed by atoms with Gasteiger partial charge < -0.3 is 10.1 Å². The average Bonchev–Trinajstić information content (AvgIpc) is 2.91. The topological polar surface area (TPSA) is 61.1 Å². The van der Waals surface area contributed by atoms with Crippen molar-refractivity contribution in [3.05, 3.63) is 46.1 Å². The van der Waals surface area contributed by atoms with Crippen LogP contribution in [0.2, 0.25) is 0 Å². The number of hydrogen-bond donors (Lipinski definition) is 1. The van der Waals surface area contributed by atoms with E-state index in [-0.39, 0.29) is 48.7 Å². The minimum atomic E-state index is -2.87. The van der Waals surface area contributed by atoms with Gasteiger partial charge in [0.15, 0.2) is 0 Å². The van der Waals surface area contributed by atoms with Crippen LogP contribution in [0.25, 0.3) is 0 Å². The summed E-state index contributed by atoms with van der Waals surface area (Å²) in [6.07, 6.45) is 2.06. The molecule has 2 heterocycles. The van der Waals surface area contributed by atoms with Gasteiger partial charge in [0.25, 0.3) is 0 Å². The summed E-state index contributed by atoms with van der Waals surface area (Å²) in [5, 5.41) is 7.86. The van der Waals surface area contributed by atoms with Gasteiger partial charge in [-0.25, -0.2) is 9.48 Å². The van der Waals surface area contributed by atoms with E-state index < -0.39 is 6.61 Å². The summed E-state index contributed by atoms with van der Waals surface area (Å²) in [7, 11) is 0. The first-order valence-electron chi connectivity index (χ1n) is 8.50. The Kier molecular flexibility index (Phi) is 9.21. The van der Waals surface area contributed by atoms with Crippen molar-refractivity contribution >= 4 is 24.8 Å². The fourth-order valence-corrected chi connectivity index (χ4v) is 3.23. The summed E-state index contributed by atoms with van der Waals surface area (Å²) in [6, 6.07) is 6.35. The van der Waals surface area contributed by atoms with Gasteiger partial charge in [-0.1, -0.05) is 12.1 Å². The summed E-state index contributed by atoms with van der Waals surface area (Å²) in [5.41, 5.74) is 0.512. The van der Waals surface area contributed by atoms with Gasteiger partial charge in [0.2, 0.25) is 0 Å². The zero-order valence-electron chi connectivity index (χ0n) is 14.9. The molecule has 1 atom stereocenters. The molecule has 0 saturated carbocycles. The molecule has 2 aromatic rings. The average molecular weight is 425 g/mol. The van der Waals surface area contributed by atoms with Gasteiger partial charge in [-0.2, -0.15) is 13.9 Å². The van der Waals surface area contributed by atoms with Crippen LogP contribution in [0.5, 0.6) is 5.75 Å². The van der Waals surface area contributed by atoms with Crippen LogP contribution < -0.4 is 15.7 Å². The summed E-state index contributed by atoms with van der Waals surface area (Å²) >= 11 is 0. The van der Waals surface area contributed by atoms with E-state index >= 15 is 0 Å². The Morgan fingerprint density at radius 1 is 1.37 bits per heavy atom. The number of ether oxygens (including phenoxy) is 1. The Hall–Kier alpha value is -1.64. The van der Waals surface area contributed by atoms with Gasteiger partial charge in [0.1, 0.15) is 11.6 Å². The first kappa shape index (κ1) is 23.4. The Bertz CT molecular complexity index is 777. The zero-order chi connectivity index (χ0) is 17.8. The number of benzene rings is 1. The van der Waals surface area contributed by atoms with Gasteiger partial charge >= 0.3 is 12.3 Å². The van der Waals surface area contributed by atoms with E-state index in [9.17, 15) is 13.6 Å². The van der Waals surface area contributed by atoms with Gasteiger partial charge in [-0.3, -0.25) is 4.57 Å². The fourth-order valence-electron chi connectivity index (χ4n) is 3.23. The quantitative estimate of drug-likeness (QED) is 0.773. The molecule has 0 spiro atoms. The second-order valence-electron chi connectivity index (χ2n) is 6.11. The molecule has 10 heteroatoms. The molecule has 152 valence electrons. The monoisotopic (exact) mass is 424 g/mol. The van der Waals surface area contributed by atoms with Crippen molar-refractivity contribution in [2.45, 2.75) is 45.4 Å². The van der Waals surface area contributed by atoms with Gasteiger partial charge in [-0.05, 0) is 44.0 Å². The van der Waals surface area contributed by atoms with E-state index in [4.69, 9.17) is 0 Å². The van der Waals surface area contributed by atoms with Crippen molar-refractivity contribution in [3.63, 3.8) is 0 Å². The summed E-state index contributed by atoms with van der Waals surface area (Å²) in [6.45, 7) is 1.63. The predicted octanol–water partition coefficient (Wildman–Crippen LogP) is 3.03. The molecule has 1 N–H and O–H groups in total. The van der Waals surface area contributed by atoms with E-state index in [0.29, 0.717) is 12.1 Å². The number of nitrogens with one attached hydrogen (secondary N) is 1. The molecule has 27 heavy (non-hydrogen) atoms. The van der Waals surface area contributed by atoms with Crippen LogP contribution in [0.4, 0.5) is 8.78 Å². The number of hydrogen-bond acceptors (Lipinski definition) is 4. The molecular formula is C17H24Cl2F2N4O2. The van der Waals surface area contributed by atoms with Gasteiger partial charge in [-0.15, -0.1) is 24.8 Å². The molecule has 0 radical (unpaired) electrons. The van der Waals surface area contributed by atoms with Crippen molar-refractivity contribution in [2.24, 2.45) is 0 Å². The summed E-state index contributed by atoms with van der Waals surface area (Å²) < 4.78 is 32.2. The minimum Gasteiger partial charge on any atom is -0.435 e. The standard InChI is InChI=1S/C17H22F2N4O2.2ClH/c1-2-22-15(13-6-4-8-20-10-13)21-23(17(22)24)11-12-5-3-7-14(9-12)25-16(18)19;;/h3,5,7,9,13,16,20H,2,4,6,8,10-11H2,1H3;2*1H. The third kappa shape index (κ3) is 5.67. The fraction of sp³-hybridized carbons (Fsp3) is 0.529. The van der Waals surface area contributed by atoms with Crippen molar-refractivity contribution < 1.29 is 13.5 Å². The highest BCUT2D eigenvalue weighted by Crippen LogP contribution is 2.21. The Balaban J connectivity index is 0.00000182. The lowest BCUT2D eigenvalue weighted by Crippen LogP contribution is -2.31. The maximum Gasteiger partial charge on any atom is 0.387 e. The van der Waals surface area contributed by atoms with E-state index in [2.05, 4.69) is 15.2 Å². The zero-order valence-corrected chi connectivity index (χ0v) is 16.6. The molecule has 1 fully saturated rings. The summed E-state index contributed by atoms with van der Waals surface area (Å²) in [5.74, 6) is 1.09. The van der Waals surface area contributed by atoms with E-state index in [1.165, 1.54) is 16.8 Å². The lowest BCUT2D eigenvalue weighted by molar-refractivity contribution is -0.0498. The highest BCUT2D eigenvalue weighted by Gasteiger charge is 2.23. The minimum absolute atomic E-state index is 0. The molecule has 1 aromatic carbocycles. The Morgan fingerprint density at radius 3 is 2.78 bits per heavy atom. The second kappa shape index (κ2) is 10.6. The van der Waals surface area contributed by atoms with Crippen LogP contribution in [0.1, 0.15) is 37.1 Å². The third-order valence-corrected chi connectivity index (χ3v) is 4.39. The van der Waals surface area contributed by atoms with Gasteiger partial charge in [0, 0.05) is 19.0 Å². The molecular weight excluding hydrogens is 401 g/mol. The number of piperidine rings is 1. The van der Waals surface area contributed by atoms with Crippen molar-refractivity contribution in [2.75, 3.05) is 13.1 Å². The van der Waals surface area contributed by atoms with Crippen LogP contribution in [0.3, 0.4) is 0 Å². The SMILES string of the molecule is CCn1c(C2CCCNC2)nn(Cc2cccc(OC(F)F)c2)c1=O.Cl.Cl. The first-order valence-corrected chi connectivity index (χ1v) is 8.50. The normalized spacial score (nSPS) is 16.5. The molecule has 1 aliphatic rings. The molecule has 3 rings (SSSR count). The third-order valence-electron chi connectivity index (χ3n) is 4.39. The lowest BCUT2D eigenvalue weighted by atomic mass is 9.99. The van der Waals surface area contributed by atoms with Crippen LogP contribution in [-0.2, 0) is 13.1 Å². The molecule has 0 aliphatic carbocycles. The molecule has 1 aliphatic heterocycles. The molecule has 1 unspecified atom stereocenters. The highest BCUT2D eigenvalue weighted by atomic mass is 35.5. The van der Waals surface area contributed by atoms with Crippen LogP contribution in [-0.4, -0.2) is 34.0 Å². The van der Waals surface area contributed by atoms with Gasteiger partial charge in [0.05, 0.1) is 6.54 Å². The predicted molar refractivity (Wildman–Crippen MR) is 104 cm³/mol. The number of alkyl halides is 2. The van der Waals surface area contributed by atoms with E-state index in [1.807, 2.05) is 6.92 Å². The van der Waals surface area contributed by atoms with E-state index in [0.717, 1.165) is 31.8 Å². The maximum absolute atomic E-state index is 12.6. The second-order valence-corrected chi connectivity index (χ2v) is 6.11. The van der Waals surface area contributed by atoms with Crippen molar-refractivity contribution in [3.8, 4) is 5.75 Å². The number of rotatable bonds is 6. The van der Waals surface area contributed by atoms with E-state index in [1.54, 1.807) is 16.7 Å². The summed E-state index contributed by atoms with van der Waals surface area (Å²) in [4.78, 5) is 12.6. The number of aromatic nitrogens is 3. The van der Waals surface area contributed by atoms with Crippen LogP contribution >= 0.6 is 24.8 Å². The van der Waals surface area contributed by atoms with Crippen molar-refractivity contribution in [1.29, 1.82) is 0 Å². The lowest BCUT2D eigenvalue weighted by Gasteiger charge is -2.21. The smallest absolute Gasteiger partial charge is 0.387 e. The molecule has 0 amide bonds. The Morgan fingerprint density at radius 2 is 2.15 bits per heavy atom. The Labute approximate surface area is 168 Å². The maximum atomic E-state index is 12.6. The first-order chi connectivity index (χ1) is 12.1. The van der Waals surface area contributed by atoms with Crippen molar-refractivity contribution in [1.82, 2.24) is 19.7 Å². The van der Waals surface area contributed by atoms with Crippen LogP contribution in [0.15, 0.2) is 29.1 Å². The molecule has 1 aromatic heterocycles. The molecule has 6 nitrogen and oxygen atoms in total. The molecule has 1 saturated heterocycles. The highest BCUT2D eigenvalue weighted by molar-refractivity contribution is 5.85. The largest absolute Gasteiger partial charge is 0.435 e.